The second-order valence-corrected chi connectivity index (χ2v) is 6.82. The highest BCUT2D eigenvalue weighted by molar-refractivity contribution is 9.11. The molecular weight excluding hydrogens is 402 g/mol. The molecule has 1 aromatic carbocycles. The molecular formula is C15H17Br2NOS. The lowest BCUT2D eigenvalue weighted by atomic mass is 10.1. The molecule has 0 N–H and O–H groups in total. The Labute approximate surface area is 142 Å². The molecule has 0 unspecified atom stereocenters. The largest absolute Gasteiger partial charge is 0.487 e. The van der Waals surface area contributed by atoms with Gasteiger partial charge in [-0.15, -0.1) is 0 Å². The maximum atomic E-state index is 5.63. The van der Waals surface area contributed by atoms with Gasteiger partial charge in [-0.3, -0.25) is 0 Å². The summed E-state index contributed by atoms with van der Waals surface area (Å²) in [6, 6.07) is 4.06. The van der Waals surface area contributed by atoms with E-state index in [2.05, 4.69) is 43.3 Å². The van der Waals surface area contributed by atoms with Gasteiger partial charge in [-0.05, 0) is 63.3 Å². The number of rotatable bonds is 4. The summed E-state index contributed by atoms with van der Waals surface area (Å²) in [6.45, 7) is 6.25. The van der Waals surface area contributed by atoms with Crippen LogP contribution in [-0.2, 0) is 0 Å². The van der Waals surface area contributed by atoms with Gasteiger partial charge in [0.05, 0.1) is 8.95 Å². The zero-order valence-corrected chi connectivity index (χ0v) is 15.2. The summed E-state index contributed by atoms with van der Waals surface area (Å²) in [5.41, 5.74) is 1.05. The first-order valence-corrected chi connectivity index (χ1v) is 8.65. The summed E-state index contributed by atoms with van der Waals surface area (Å²) < 4.78 is 7.44. The van der Waals surface area contributed by atoms with E-state index in [0.717, 1.165) is 38.3 Å². The van der Waals surface area contributed by atoms with Gasteiger partial charge in [0, 0.05) is 18.7 Å². The van der Waals surface area contributed by atoms with Crippen LogP contribution in [0.4, 0.5) is 0 Å². The Kier molecular flexibility index (Phi) is 6.05. The number of likely N-dealkylation sites (tertiary alicyclic amines) is 1. The van der Waals surface area contributed by atoms with Crippen molar-refractivity contribution in [2.24, 2.45) is 0 Å². The molecule has 1 aliphatic rings. The fraction of sp³-hybridized carbons (Fsp3) is 0.400. The zero-order valence-electron chi connectivity index (χ0n) is 11.2. The second-order valence-electron chi connectivity index (χ2n) is 4.72. The third-order valence-electron chi connectivity index (χ3n) is 3.23. The molecule has 0 aliphatic carbocycles. The van der Waals surface area contributed by atoms with Crippen molar-refractivity contribution in [1.82, 2.24) is 4.90 Å². The van der Waals surface area contributed by atoms with Crippen LogP contribution in [-0.4, -0.2) is 29.6 Å². The SMILES string of the molecule is C=CCOc1c(Br)cc(C(=S)N2CCCCC2)cc1Br. The number of benzene rings is 1. The van der Waals surface area contributed by atoms with Gasteiger partial charge in [-0.1, -0.05) is 24.9 Å². The van der Waals surface area contributed by atoms with E-state index >= 15 is 0 Å². The van der Waals surface area contributed by atoms with E-state index in [0.29, 0.717) is 6.61 Å². The van der Waals surface area contributed by atoms with Gasteiger partial charge < -0.3 is 9.64 Å². The average Bonchev–Trinajstić information content (AvgIpc) is 2.46. The van der Waals surface area contributed by atoms with E-state index in [1.165, 1.54) is 19.3 Å². The van der Waals surface area contributed by atoms with E-state index in [-0.39, 0.29) is 0 Å². The minimum atomic E-state index is 0.479. The summed E-state index contributed by atoms with van der Waals surface area (Å²) in [7, 11) is 0. The topological polar surface area (TPSA) is 12.5 Å². The molecule has 0 aromatic heterocycles. The molecule has 1 aromatic rings. The first-order chi connectivity index (χ1) is 9.63. The molecule has 1 fully saturated rings. The minimum absolute atomic E-state index is 0.479. The summed E-state index contributed by atoms with van der Waals surface area (Å²) in [6.07, 6.45) is 5.48. The lowest BCUT2D eigenvalue weighted by Gasteiger charge is -2.29. The van der Waals surface area contributed by atoms with Crippen LogP contribution in [0.1, 0.15) is 24.8 Å². The van der Waals surface area contributed by atoms with Gasteiger partial charge in [0.1, 0.15) is 17.3 Å². The smallest absolute Gasteiger partial charge is 0.148 e. The summed E-state index contributed by atoms with van der Waals surface area (Å²) >= 11 is 12.7. The Hall–Kier alpha value is -0.390. The fourth-order valence-corrected chi connectivity index (χ4v) is 3.96. The molecule has 5 heteroatoms. The maximum Gasteiger partial charge on any atom is 0.148 e. The first-order valence-electron chi connectivity index (χ1n) is 6.65. The average molecular weight is 419 g/mol. The molecule has 0 amide bonds. The third-order valence-corrected chi connectivity index (χ3v) is 4.91. The normalized spacial score (nSPS) is 15.0. The van der Waals surface area contributed by atoms with Crippen molar-refractivity contribution < 1.29 is 4.74 Å². The van der Waals surface area contributed by atoms with Crippen LogP contribution in [0.25, 0.3) is 0 Å². The highest BCUT2D eigenvalue weighted by Crippen LogP contribution is 2.35. The first kappa shape index (κ1) is 16.0. The number of nitrogens with zero attached hydrogens (tertiary/aromatic N) is 1. The molecule has 0 saturated carbocycles. The standard InChI is InChI=1S/C15H17Br2NOS/c1-2-8-19-14-12(16)9-11(10-13(14)17)15(20)18-6-4-3-5-7-18/h2,9-10H,1,3-8H2. The van der Waals surface area contributed by atoms with Gasteiger partial charge in [0.25, 0.3) is 0 Å². The molecule has 1 saturated heterocycles. The molecule has 20 heavy (non-hydrogen) atoms. The summed E-state index contributed by atoms with van der Waals surface area (Å²) in [5.74, 6) is 0.787. The zero-order chi connectivity index (χ0) is 14.5. The number of ether oxygens (including phenoxy) is 1. The Morgan fingerprint density at radius 2 is 1.85 bits per heavy atom. The van der Waals surface area contributed by atoms with Crippen LogP contribution in [0.3, 0.4) is 0 Å². The number of piperidine rings is 1. The summed E-state index contributed by atoms with van der Waals surface area (Å²) in [4.78, 5) is 3.21. The molecule has 0 spiro atoms. The van der Waals surface area contributed by atoms with Crippen molar-refractivity contribution >= 4 is 49.1 Å². The van der Waals surface area contributed by atoms with E-state index in [1.54, 1.807) is 6.08 Å². The monoisotopic (exact) mass is 417 g/mol. The second kappa shape index (κ2) is 7.57. The Balaban J connectivity index is 2.20. The van der Waals surface area contributed by atoms with Gasteiger partial charge in [-0.25, -0.2) is 0 Å². The fourth-order valence-electron chi connectivity index (χ4n) is 2.24. The van der Waals surface area contributed by atoms with Crippen LogP contribution in [0.5, 0.6) is 5.75 Å². The highest BCUT2D eigenvalue weighted by Gasteiger charge is 2.17. The lowest BCUT2D eigenvalue weighted by molar-refractivity contribution is 0.347. The molecule has 108 valence electrons. The van der Waals surface area contributed by atoms with Crippen LogP contribution >= 0.6 is 44.1 Å². The third kappa shape index (κ3) is 3.83. The van der Waals surface area contributed by atoms with E-state index in [4.69, 9.17) is 17.0 Å². The number of hydrogen-bond donors (Lipinski definition) is 0. The number of halogens is 2. The van der Waals surface area contributed by atoms with Crippen molar-refractivity contribution in [1.29, 1.82) is 0 Å². The Morgan fingerprint density at radius 1 is 1.25 bits per heavy atom. The summed E-state index contributed by atoms with van der Waals surface area (Å²) in [5, 5.41) is 0. The molecule has 0 radical (unpaired) electrons. The quantitative estimate of drug-likeness (QED) is 0.507. The van der Waals surface area contributed by atoms with Crippen LogP contribution < -0.4 is 4.74 Å². The molecule has 1 aliphatic heterocycles. The Morgan fingerprint density at radius 3 is 2.40 bits per heavy atom. The van der Waals surface area contributed by atoms with Crippen molar-refractivity contribution in [2.45, 2.75) is 19.3 Å². The maximum absolute atomic E-state index is 5.63. The van der Waals surface area contributed by atoms with Gasteiger partial charge in [0.2, 0.25) is 0 Å². The van der Waals surface area contributed by atoms with E-state index < -0.39 is 0 Å². The van der Waals surface area contributed by atoms with Crippen molar-refractivity contribution in [2.75, 3.05) is 19.7 Å². The molecule has 0 atom stereocenters. The lowest BCUT2D eigenvalue weighted by Crippen LogP contribution is -2.34. The molecule has 1 heterocycles. The van der Waals surface area contributed by atoms with Crippen molar-refractivity contribution in [3.63, 3.8) is 0 Å². The van der Waals surface area contributed by atoms with E-state index in [9.17, 15) is 0 Å². The van der Waals surface area contributed by atoms with Crippen LogP contribution in [0, 0.1) is 0 Å². The minimum Gasteiger partial charge on any atom is -0.487 e. The molecule has 2 rings (SSSR count). The van der Waals surface area contributed by atoms with Gasteiger partial charge >= 0.3 is 0 Å². The van der Waals surface area contributed by atoms with Crippen LogP contribution in [0.2, 0.25) is 0 Å². The molecule has 2 nitrogen and oxygen atoms in total. The van der Waals surface area contributed by atoms with E-state index in [1.807, 2.05) is 12.1 Å². The van der Waals surface area contributed by atoms with Gasteiger partial charge in [0.15, 0.2) is 0 Å². The van der Waals surface area contributed by atoms with Crippen molar-refractivity contribution in [3.05, 3.63) is 39.3 Å². The Bertz CT molecular complexity index is 490. The number of hydrogen-bond acceptors (Lipinski definition) is 2. The highest BCUT2D eigenvalue weighted by atomic mass is 79.9. The van der Waals surface area contributed by atoms with Gasteiger partial charge in [-0.2, -0.15) is 0 Å². The van der Waals surface area contributed by atoms with Crippen molar-refractivity contribution in [3.8, 4) is 5.75 Å². The predicted octanol–water partition coefficient (Wildman–Crippen LogP) is 4.94. The molecule has 0 bridgehead atoms. The van der Waals surface area contributed by atoms with Crippen LogP contribution in [0.15, 0.2) is 33.7 Å². The predicted molar refractivity (Wildman–Crippen MR) is 94.7 cm³/mol. The number of thiocarbonyl (C=S) groups is 1.